The molecule has 1 N–H and O–H groups in total. The molecule has 0 amide bonds. The first-order valence-electron chi connectivity index (χ1n) is 8.44. The fourth-order valence-corrected chi connectivity index (χ4v) is 3.77. The molecule has 1 aromatic rings. The van der Waals surface area contributed by atoms with E-state index in [4.69, 9.17) is 0 Å². The lowest BCUT2D eigenvalue weighted by atomic mass is 10.1. The van der Waals surface area contributed by atoms with Gasteiger partial charge in [0, 0.05) is 70.7 Å². The largest absolute Gasteiger partial charge is 0.481 e. The smallest absolute Gasteiger partial charge is 0.309 e. The van der Waals surface area contributed by atoms with Crippen LogP contribution in [0.1, 0.15) is 12.5 Å². The number of aliphatic carboxylic acids is 1. The quantitative estimate of drug-likeness (QED) is 0.838. The Balaban J connectivity index is 1.65. The summed E-state index contributed by atoms with van der Waals surface area (Å²) >= 11 is 0. The van der Waals surface area contributed by atoms with Crippen molar-refractivity contribution in [2.24, 2.45) is 13.0 Å². The minimum absolute atomic E-state index is 0.273. The van der Waals surface area contributed by atoms with Crippen LogP contribution in [-0.4, -0.2) is 87.4 Å². The van der Waals surface area contributed by atoms with Gasteiger partial charge in [-0.25, -0.2) is 0 Å². The number of piperazine rings is 1. The molecule has 3 heterocycles. The number of rotatable bonds is 4. The van der Waals surface area contributed by atoms with Crippen LogP contribution in [-0.2, 0) is 18.4 Å². The topological polar surface area (TPSA) is 64.8 Å². The Labute approximate surface area is 137 Å². The van der Waals surface area contributed by atoms with E-state index in [2.05, 4.69) is 32.9 Å². The van der Waals surface area contributed by atoms with E-state index in [9.17, 15) is 9.90 Å². The Morgan fingerprint density at radius 3 is 2.70 bits per heavy atom. The van der Waals surface area contributed by atoms with E-state index in [1.807, 2.05) is 17.9 Å². The van der Waals surface area contributed by atoms with Gasteiger partial charge in [0.15, 0.2) is 0 Å². The number of carbonyl (C=O) groups is 1. The predicted molar refractivity (Wildman–Crippen MR) is 87.1 cm³/mol. The standard InChI is InChI=1S/C16H27N5O2/c1-3-19-9-14(16(22)23)10-21-5-4-20(12-15(21)11-19)8-13-6-17-18(2)7-13/h6-7,14-15H,3-5,8-12H2,1-2H3,(H,22,23). The van der Waals surface area contributed by atoms with Crippen molar-refractivity contribution in [3.8, 4) is 0 Å². The molecule has 0 spiro atoms. The van der Waals surface area contributed by atoms with E-state index < -0.39 is 5.97 Å². The number of fused-ring (bicyclic) bond motifs is 1. The molecule has 0 aromatic carbocycles. The number of aryl methyl sites for hydroxylation is 1. The van der Waals surface area contributed by atoms with E-state index in [0.717, 1.165) is 39.3 Å². The average molecular weight is 321 g/mol. The molecule has 2 aliphatic heterocycles. The van der Waals surface area contributed by atoms with Crippen LogP contribution in [0.5, 0.6) is 0 Å². The van der Waals surface area contributed by atoms with Crippen LogP contribution < -0.4 is 0 Å². The lowest BCUT2D eigenvalue weighted by Gasteiger charge is -2.41. The van der Waals surface area contributed by atoms with Crippen LogP contribution in [0.15, 0.2) is 12.4 Å². The molecule has 1 aromatic heterocycles. The summed E-state index contributed by atoms with van der Waals surface area (Å²) in [4.78, 5) is 18.6. The van der Waals surface area contributed by atoms with Gasteiger partial charge in [-0.2, -0.15) is 5.10 Å². The lowest BCUT2D eigenvalue weighted by molar-refractivity contribution is -0.142. The highest BCUT2D eigenvalue weighted by molar-refractivity contribution is 5.70. The summed E-state index contributed by atoms with van der Waals surface area (Å²) in [5.74, 6) is -0.938. The molecule has 0 bridgehead atoms. The molecule has 0 radical (unpaired) electrons. The molecule has 2 unspecified atom stereocenters. The average Bonchev–Trinajstić information content (AvgIpc) is 2.82. The summed E-state index contributed by atoms with van der Waals surface area (Å²) in [6, 6.07) is 0.421. The summed E-state index contributed by atoms with van der Waals surface area (Å²) < 4.78 is 1.84. The highest BCUT2D eigenvalue weighted by Gasteiger charge is 2.35. The van der Waals surface area contributed by atoms with E-state index in [0.29, 0.717) is 19.1 Å². The van der Waals surface area contributed by atoms with Crippen molar-refractivity contribution in [1.82, 2.24) is 24.5 Å². The van der Waals surface area contributed by atoms with Crippen molar-refractivity contribution in [1.29, 1.82) is 0 Å². The molecule has 2 fully saturated rings. The Morgan fingerprint density at radius 1 is 1.26 bits per heavy atom. The van der Waals surface area contributed by atoms with Gasteiger partial charge in [-0.05, 0) is 6.54 Å². The van der Waals surface area contributed by atoms with Gasteiger partial charge < -0.3 is 10.0 Å². The highest BCUT2D eigenvalue weighted by Crippen LogP contribution is 2.20. The number of likely N-dealkylation sites (N-methyl/N-ethyl adjacent to an activating group) is 1. The second-order valence-electron chi connectivity index (χ2n) is 6.79. The van der Waals surface area contributed by atoms with Crippen LogP contribution in [0, 0.1) is 5.92 Å². The van der Waals surface area contributed by atoms with E-state index in [1.165, 1.54) is 5.56 Å². The zero-order chi connectivity index (χ0) is 16.4. The van der Waals surface area contributed by atoms with E-state index >= 15 is 0 Å². The minimum Gasteiger partial charge on any atom is -0.481 e. The van der Waals surface area contributed by atoms with Crippen LogP contribution >= 0.6 is 0 Å². The maximum absolute atomic E-state index is 11.5. The summed E-state index contributed by atoms with van der Waals surface area (Å²) in [7, 11) is 1.94. The zero-order valence-electron chi connectivity index (χ0n) is 14.1. The van der Waals surface area contributed by atoms with Crippen molar-refractivity contribution in [2.75, 3.05) is 45.8 Å². The van der Waals surface area contributed by atoms with Gasteiger partial charge in [0.2, 0.25) is 0 Å². The molecule has 2 saturated heterocycles. The lowest BCUT2D eigenvalue weighted by Crippen LogP contribution is -2.55. The molecule has 7 nitrogen and oxygen atoms in total. The first kappa shape index (κ1) is 16.4. The monoisotopic (exact) mass is 321 g/mol. The van der Waals surface area contributed by atoms with Crippen molar-refractivity contribution in [3.63, 3.8) is 0 Å². The number of nitrogens with zero attached hydrogens (tertiary/aromatic N) is 5. The fraction of sp³-hybridized carbons (Fsp3) is 0.750. The number of aromatic nitrogens is 2. The van der Waals surface area contributed by atoms with Gasteiger partial charge >= 0.3 is 5.97 Å². The third-order valence-electron chi connectivity index (χ3n) is 5.05. The third-order valence-corrected chi connectivity index (χ3v) is 5.05. The maximum atomic E-state index is 11.5. The van der Waals surface area contributed by atoms with Gasteiger partial charge in [0.25, 0.3) is 0 Å². The molecular weight excluding hydrogens is 294 g/mol. The molecular formula is C16H27N5O2. The summed E-state index contributed by atoms with van der Waals surface area (Å²) in [6.07, 6.45) is 4.00. The Hall–Kier alpha value is -1.44. The minimum atomic E-state index is -0.665. The summed E-state index contributed by atoms with van der Waals surface area (Å²) in [5, 5.41) is 13.7. The zero-order valence-corrected chi connectivity index (χ0v) is 14.1. The Bertz CT molecular complexity index is 546. The van der Waals surface area contributed by atoms with E-state index in [1.54, 1.807) is 0 Å². The van der Waals surface area contributed by atoms with E-state index in [-0.39, 0.29) is 5.92 Å². The van der Waals surface area contributed by atoms with Crippen molar-refractivity contribution in [2.45, 2.75) is 19.5 Å². The highest BCUT2D eigenvalue weighted by atomic mass is 16.4. The van der Waals surface area contributed by atoms with Crippen molar-refractivity contribution < 1.29 is 9.90 Å². The summed E-state index contributed by atoms with van der Waals surface area (Å²) in [5.41, 5.74) is 1.24. The van der Waals surface area contributed by atoms with Crippen LogP contribution in [0.3, 0.4) is 0 Å². The van der Waals surface area contributed by atoms with Gasteiger partial charge in [0.05, 0.1) is 12.1 Å². The van der Waals surface area contributed by atoms with Crippen LogP contribution in [0.4, 0.5) is 0 Å². The second kappa shape index (κ2) is 6.98. The normalized spacial score (nSPS) is 27.6. The molecule has 7 heteroatoms. The number of hydrogen-bond donors (Lipinski definition) is 1. The SMILES string of the molecule is CCN1CC(C(=O)O)CN2CCN(Cc3cnn(C)c3)CC2C1. The van der Waals surface area contributed by atoms with Crippen LogP contribution in [0.2, 0.25) is 0 Å². The van der Waals surface area contributed by atoms with Gasteiger partial charge in [0.1, 0.15) is 0 Å². The molecule has 3 rings (SSSR count). The van der Waals surface area contributed by atoms with Crippen molar-refractivity contribution >= 4 is 5.97 Å². The fourth-order valence-electron chi connectivity index (χ4n) is 3.77. The number of carboxylic acids is 1. The van der Waals surface area contributed by atoms with Crippen LogP contribution in [0.25, 0.3) is 0 Å². The Morgan fingerprint density at radius 2 is 2.04 bits per heavy atom. The predicted octanol–water partition coefficient (Wildman–Crippen LogP) is -0.0574. The molecule has 2 atom stereocenters. The second-order valence-corrected chi connectivity index (χ2v) is 6.79. The summed E-state index contributed by atoms with van der Waals surface area (Å²) in [6.45, 7) is 9.20. The van der Waals surface area contributed by atoms with Gasteiger partial charge in [-0.1, -0.05) is 6.92 Å². The molecule has 0 saturated carbocycles. The molecule has 0 aliphatic carbocycles. The molecule has 2 aliphatic rings. The first-order valence-corrected chi connectivity index (χ1v) is 8.44. The Kier molecular flexibility index (Phi) is 4.99. The number of carboxylic acid groups (broad SMARTS) is 1. The number of hydrogen-bond acceptors (Lipinski definition) is 5. The maximum Gasteiger partial charge on any atom is 0.309 e. The molecule has 23 heavy (non-hydrogen) atoms. The van der Waals surface area contributed by atoms with Gasteiger partial charge in [-0.15, -0.1) is 0 Å². The first-order chi connectivity index (χ1) is 11.0. The van der Waals surface area contributed by atoms with Crippen molar-refractivity contribution in [3.05, 3.63) is 18.0 Å². The molecule has 128 valence electrons. The van der Waals surface area contributed by atoms with Gasteiger partial charge in [-0.3, -0.25) is 19.3 Å². The third kappa shape index (κ3) is 3.91.